The molecule has 74 valence electrons. The van der Waals surface area contributed by atoms with Crippen LogP contribution in [0.4, 0.5) is 0 Å². The Labute approximate surface area is 83.0 Å². The first-order valence-electron chi connectivity index (χ1n) is 4.34. The van der Waals surface area contributed by atoms with Gasteiger partial charge in [0.2, 0.25) is 0 Å². The van der Waals surface area contributed by atoms with Gasteiger partial charge in [-0.15, -0.1) is 0 Å². The van der Waals surface area contributed by atoms with E-state index in [1.807, 2.05) is 6.92 Å². The predicted molar refractivity (Wildman–Crippen MR) is 51.8 cm³/mol. The Morgan fingerprint density at radius 2 is 2.46 bits per heavy atom. The van der Waals surface area contributed by atoms with E-state index in [1.165, 1.54) is 0 Å². The van der Waals surface area contributed by atoms with Crippen molar-refractivity contribution in [3.8, 4) is 0 Å². The lowest BCUT2D eigenvalue weighted by atomic mass is 10.1. The maximum atomic E-state index is 10.6. The number of nitrogens with zero attached hydrogens (tertiary/aromatic N) is 1. The van der Waals surface area contributed by atoms with Crippen molar-refractivity contribution in [3.63, 3.8) is 0 Å². The van der Waals surface area contributed by atoms with Crippen LogP contribution in [0.25, 0.3) is 0 Å². The molecule has 0 aromatic heterocycles. The third kappa shape index (κ3) is 3.01. The van der Waals surface area contributed by atoms with Crippen molar-refractivity contribution in [3.05, 3.63) is 11.1 Å². The molecule has 1 atom stereocenters. The Balaban J connectivity index is 2.37. The third-order valence-corrected chi connectivity index (χ3v) is 2.65. The third-order valence-electron chi connectivity index (χ3n) is 2.28. The largest absolute Gasteiger partial charge is 0.481 e. The van der Waals surface area contributed by atoms with E-state index in [0.29, 0.717) is 6.54 Å². The molecule has 1 unspecified atom stereocenters. The SMILES string of the molecule is C/C(=C\Cl)CN1CCC(C(=O)O)C1. The highest BCUT2D eigenvalue weighted by Crippen LogP contribution is 2.17. The lowest BCUT2D eigenvalue weighted by Crippen LogP contribution is -2.24. The summed E-state index contributed by atoms with van der Waals surface area (Å²) in [6.45, 7) is 4.24. The molecule has 0 spiro atoms. The summed E-state index contributed by atoms with van der Waals surface area (Å²) in [5, 5.41) is 8.75. The van der Waals surface area contributed by atoms with Crippen LogP contribution in [0, 0.1) is 5.92 Å². The van der Waals surface area contributed by atoms with E-state index >= 15 is 0 Å². The van der Waals surface area contributed by atoms with Crippen molar-refractivity contribution >= 4 is 17.6 Å². The Morgan fingerprint density at radius 1 is 1.77 bits per heavy atom. The Hall–Kier alpha value is -0.540. The molecule has 1 N–H and O–H groups in total. The number of hydrogen-bond acceptors (Lipinski definition) is 2. The van der Waals surface area contributed by atoms with Gasteiger partial charge in [-0.3, -0.25) is 9.69 Å². The lowest BCUT2D eigenvalue weighted by molar-refractivity contribution is -0.141. The summed E-state index contributed by atoms with van der Waals surface area (Å²) in [4.78, 5) is 12.8. The minimum atomic E-state index is -0.685. The summed E-state index contributed by atoms with van der Waals surface area (Å²) in [7, 11) is 0. The first-order chi connectivity index (χ1) is 6.13. The fraction of sp³-hybridized carbons (Fsp3) is 0.667. The fourth-order valence-corrected chi connectivity index (χ4v) is 1.63. The van der Waals surface area contributed by atoms with Gasteiger partial charge in [0.1, 0.15) is 0 Å². The van der Waals surface area contributed by atoms with Crippen molar-refractivity contribution in [2.75, 3.05) is 19.6 Å². The Kier molecular flexibility index (Phi) is 3.75. The molecule has 4 heteroatoms. The minimum absolute atomic E-state index is 0.192. The number of hydrogen-bond donors (Lipinski definition) is 1. The molecule has 3 nitrogen and oxygen atoms in total. The molecule has 1 rings (SSSR count). The monoisotopic (exact) mass is 203 g/mol. The maximum absolute atomic E-state index is 10.6. The Bertz CT molecular complexity index is 228. The zero-order valence-electron chi connectivity index (χ0n) is 7.66. The van der Waals surface area contributed by atoms with Gasteiger partial charge in [-0.1, -0.05) is 11.6 Å². The zero-order chi connectivity index (χ0) is 9.84. The molecular weight excluding hydrogens is 190 g/mol. The van der Waals surface area contributed by atoms with E-state index in [2.05, 4.69) is 4.90 Å². The van der Waals surface area contributed by atoms with E-state index in [1.54, 1.807) is 5.54 Å². The molecule has 0 aromatic carbocycles. The maximum Gasteiger partial charge on any atom is 0.307 e. The van der Waals surface area contributed by atoms with Gasteiger partial charge in [0.05, 0.1) is 5.92 Å². The molecule has 0 bridgehead atoms. The minimum Gasteiger partial charge on any atom is -0.481 e. The molecule has 1 fully saturated rings. The van der Waals surface area contributed by atoms with Crippen LogP contribution in [0.15, 0.2) is 11.1 Å². The van der Waals surface area contributed by atoms with Gasteiger partial charge in [0, 0.05) is 18.6 Å². The van der Waals surface area contributed by atoms with Crippen LogP contribution in [0.2, 0.25) is 0 Å². The second kappa shape index (κ2) is 4.63. The van der Waals surface area contributed by atoms with Crippen LogP contribution in [0.5, 0.6) is 0 Å². The Morgan fingerprint density at radius 3 is 2.92 bits per heavy atom. The molecule has 0 aromatic rings. The van der Waals surface area contributed by atoms with Crippen LogP contribution in [0.3, 0.4) is 0 Å². The van der Waals surface area contributed by atoms with Crippen LogP contribution in [-0.2, 0) is 4.79 Å². The van der Waals surface area contributed by atoms with Gasteiger partial charge in [-0.25, -0.2) is 0 Å². The van der Waals surface area contributed by atoms with Crippen LogP contribution in [-0.4, -0.2) is 35.6 Å². The molecule has 13 heavy (non-hydrogen) atoms. The molecule has 0 amide bonds. The van der Waals surface area contributed by atoms with E-state index in [-0.39, 0.29) is 5.92 Å². The van der Waals surface area contributed by atoms with Crippen molar-refractivity contribution in [1.29, 1.82) is 0 Å². The van der Waals surface area contributed by atoms with E-state index < -0.39 is 5.97 Å². The first kappa shape index (κ1) is 10.5. The molecule has 0 radical (unpaired) electrons. The molecule has 1 aliphatic heterocycles. The number of halogens is 1. The van der Waals surface area contributed by atoms with Crippen molar-refractivity contribution in [1.82, 2.24) is 4.90 Å². The van der Waals surface area contributed by atoms with Crippen molar-refractivity contribution in [2.45, 2.75) is 13.3 Å². The average Bonchev–Trinajstić information content (AvgIpc) is 2.52. The second-order valence-corrected chi connectivity index (χ2v) is 3.73. The van der Waals surface area contributed by atoms with Gasteiger partial charge >= 0.3 is 5.97 Å². The number of rotatable bonds is 3. The lowest BCUT2D eigenvalue weighted by Gasteiger charge is -2.14. The number of carboxylic acid groups (broad SMARTS) is 1. The van der Waals surface area contributed by atoms with Crippen molar-refractivity contribution < 1.29 is 9.90 Å². The van der Waals surface area contributed by atoms with Gasteiger partial charge in [0.25, 0.3) is 0 Å². The molecule has 0 saturated carbocycles. The van der Waals surface area contributed by atoms with Crippen LogP contribution in [0.1, 0.15) is 13.3 Å². The van der Waals surface area contributed by atoms with E-state index in [4.69, 9.17) is 16.7 Å². The van der Waals surface area contributed by atoms with E-state index in [9.17, 15) is 4.79 Å². The van der Waals surface area contributed by atoms with Gasteiger partial charge in [-0.05, 0) is 25.5 Å². The van der Waals surface area contributed by atoms with Crippen molar-refractivity contribution in [2.24, 2.45) is 5.92 Å². The number of carboxylic acids is 1. The van der Waals surface area contributed by atoms with Gasteiger partial charge in [0.15, 0.2) is 0 Å². The molecular formula is C9H14ClNO2. The highest BCUT2D eigenvalue weighted by atomic mass is 35.5. The molecule has 1 saturated heterocycles. The van der Waals surface area contributed by atoms with Gasteiger partial charge < -0.3 is 5.11 Å². The summed E-state index contributed by atoms with van der Waals surface area (Å²) < 4.78 is 0. The summed E-state index contributed by atoms with van der Waals surface area (Å²) in [6.07, 6.45) is 0.755. The second-order valence-electron chi connectivity index (χ2n) is 3.51. The predicted octanol–water partition coefficient (Wildman–Crippen LogP) is 1.54. The molecule has 0 aliphatic carbocycles. The summed E-state index contributed by atoms with van der Waals surface area (Å²) >= 11 is 5.52. The zero-order valence-corrected chi connectivity index (χ0v) is 8.42. The highest BCUT2D eigenvalue weighted by Gasteiger charge is 2.27. The topological polar surface area (TPSA) is 40.5 Å². The van der Waals surface area contributed by atoms with Crippen LogP contribution >= 0.6 is 11.6 Å². The van der Waals surface area contributed by atoms with E-state index in [0.717, 1.165) is 25.1 Å². The molecule has 1 aliphatic rings. The van der Waals surface area contributed by atoms with Gasteiger partial charge in [-0.2, -0.15) is 0 Å². The number of carbonyl (C=O) groups is 1. The fourth-order valence-electron chi connectivity index (χ4n) is 1.57. The normalized spacial score (nSPS) is 25.1. The highest BCUT2D eigenvalue weighted by molar-refractivity contribution is 6.25. The first-order valence-corrected chi connectivity index (χ1v) is 4.78. The average molecular weight is 204 g/mol. The standard InChI is InChI=1S/C9H14ClNO2/c1-7(4-10)5-11-3-2-8(6-11)9(12)13/h4,8H,2-3,5-6H2,1H3,(H,12,13)/b7-4+. The number of aliphatic carboxylic acids is 1. The summed E-state index contributed by atoms with van der Waals surface area (Å²) in [5.74, 6) is -0.877. The summed E-state index contributed by atoms with van der Waals surface area (Å²) in [5.41, 5.74) is 2.63. The quantitative estimate of drug-likeness (QED) is 0.757. The summed E-state index contributed by atoms with van der Waals surface area (Å²) in [6, 6.07) is 0. The smallest absolute Gasteiger partial charge is 0.307 e. The molecule has 1 heterocycles. The number of likely N-dealkylation sites (tertiary alicyclic amines) is 1. The van der Waals surface area contributed by atoms with Crippen LogP contribution < -0.4 is 0 Å².